The maximum Gasteiger partial charge on any atom is 0.234 e. The Balaban J connectivity index is 1.55. The topological polar surface area (TPSA) is 57.3 Å². The summed E-state index contributed by atoms with van der Waals surface area (Å²) in [5, 5.41) is 6.53. The van der Waals surface area contributed by atoms with Gasteiger partial charge in [0.15, 0.2) is 0 Å². The molecule has 1 saturated heterocycles. The molecule has 0 unspecified atom stereocenters. The number of carbonyl (C=O) groups excluding carboxylic acids is 1. The second kappa shape index (κ2) is 7.20. The van der Waals surface area contributed by atoms with Gasteiger partial charge >= 0.3 is 0 Å². The summed E-state index contributed by atoms with van der Waals surface area (Å²) in [5.41, 5.74) is 1.11. The van der Waals surface area contributed by atoms with Gasteiger partial charge in [0.1, 0.15) is 0 Å². The number of aromatic nitrogens is 1. The van der Waals surface area contributed by atoms with Crippen molar-refractivity contribution in [2.24, 2.45) is 0 Å². The summed E-state index contributed by atoms with van der Waals surface area (Å²) >= 11 is 0. The molecule has 3 rings (SSSR count). The molecule has 1 aromatic rings. The largest absolute Gasteiger partial charge is 0.349 e. The fourth-order valence-corrected chi connectivity index (χ4v) is 3.75. The van der Waals surface area contributed by atoms with Gasteiger partial charge in [-0.2, -0.15) is 0 Å². The van der Waals surface area contributed by atoms with E-state index in [0.29, 0.717) is 13.1 Å². The quantitative estimate of drug-likeness (QED) is 0.880. The van der Waals surface area contributed by atoms with Gasteiger partial charge in [0.05, 0.1) is 18.8 Å². The summed E-state index contributed by atoms with van der Waals surface area (Å²) in [4.78, 5) is 19.0. The molecular formula is C17H26N4O. The first-order valence-corrected chi connectivity index (χ1v) is 8.41. The number of pyridine rings is 1. The molecular weight excluding hydrogens is 276 g/mol. The minimum absolute atomic E-state index is 0.109. The molecule has 1 aromatic heterocycles. The molecule has 5 nitrogen and oxygen atoms in total. The van der Waals surface area contributed by atoms with Gasteiger partial charge in [0, 0.05) is 31.4 Å². The maximum absolute atomic E-state index is 12.3. The lowest BCUT2D eigenvalue weighted by atomic mass is 9.79. The summed E-state index contributed by atoms with van der Waals surface area (Å²) in [6.07, 6.45) is 8.10. The Morgan fingerprint density at radius 2 is 2.18 bits per heavy atom. The van der Waals surface area contributed by atoms with Crippen LogP contribution in [0.1, 0.15) is 37.8 Å². The van der Waals surface area contributed by atoms with E-state index in [4.69, 9.17) is 0 Å². The Morgan fingerprint density at radius 3 is 2.95 bits per heavy atom. The summed E-state index contributed by atoms with van der Waals surface area (Å²) in [6, 6.07) is 5.77. The van der Waals surface area contributed by atoms with Gasteiger partial charge in [-0.3, -0.25) is 14.7 Å². The molecule has 0 atom stereocenters. The van der Waals surface area contributed by atoms with Crippen molar-refractivity contribution in [3.63, 3.8) is 0 Å². The smallest absolute Gasteiger partial charge is 0.234 e. The zero-order valence-corrected chi connectivity index (χ0v) is 13.2. The van der Waals surface area contributed by atoms with Crippen molar-refractivity contribution < 1.29 is 4.79 Å². The van der Waals surface area contributed by atoms with Crippen LogP contribution in [0, 0.1) is 0 Å². The minimum Gasteiger partial charge on any atom is -0.349 e. The highest BCUT2D eigenvalue weighted by atomic mass is 16.2. The molecule has 1 saturated carbocycles. The third-order valence-electron chi connectivity index (χ3n) is 4.99. The Hall–Kier alpha value is -1.46. The van der Waals surface area contributed by atoms with Crippen LogP contribution in [-0.4, -0.2) is 47.5 Å². The number of nitrogens with zero attached hydrogens (tertiary/aromatic N) is 2. The first kappa shape index (κ1) is 15.4. The molecule has 1 spiro atoms. The van der Waals surface area contributed by atoms with Crippen LogP contribution in [0.15, 0.2) is 24.4 Å². The highest BCUT2D eigenvalue weighted by Gasteiger charge is 2.40. The summed E-state index contributed by atoms with van der Waals surface area (Å²) in [6.45, 7) is 4.00. The molecule has 0 aromatic carbocycles. The van der Waals surface area contributed by atoms with E-state index in [0.717, 1.165) is 25.3 Å². The zero-order chi connectivity index (χ0) is 15.3. The second-order valence-electron chi connectivity index (χ2n) is 6.48. The van der Waals surface area contributed by atoms with E-state index in [9.17, 15) is 4.79 Å². The minimum atomic E-state index is 0.109. The molecule has 0 bridgehead atoms. The SMILES string of the molecule is O=C(CN1CCNCC12CCCCC2)NCc1ccccn1. The molecule has 5 heteroatoms. The van der Waals surface area contributed by atoms with Crippen molar-refractivity contribution >= 4 is 5.91 Å². The van der Waals surface area contributed by atoms with Crippen molar-refractivity contribution in [2.45, 2.75) is 44.2 Å². The van der Waals surface area contributed by atoms with Gasteiger partial charge in [-0.15, -0.1) is 0 Å². The molecule has 2 fully saturated rings. The molecule has 2 aliphatic rings. The summed E-state index contributed by atoms with van der Waals surface area (Å²) < 4.78 is 0. The van der Waals surface area contributed by atoms with Gasteiger partial charge in [-0.25, -0.2) is 0 Å². The zero-order valence-electron chi connectivity index (χ0n) is 13.2. The van der Waals surface area contributed by atoms with E-state index >= 15 is 0 Å². The molecule has 1 aliphatic carbocycles. The van der Waals surface area contributed by atoms with Gasteiger partial charge in [0.25, 0.3) is 0 Å². The lowest BCUT2D eigenvalue weighted by Gasteiger charge is -2.49. The van der Waals surface area contributed by atoms with Gasteiger partial charge in [-0.05, 0) is 25.0 Å². The van der Waals surface area contributed by atoms with Crippen molar-refractivity contribution in [3.8, 4) is 0 Å². The number of nitrogens with one attached hydrogen (secondary N) is 2. The average Bonchev–Trinajstić information content (AvgIpc) is 2.57. The second-order valence-corrected chi connectivity index (χ2v) is 6.48. The third-order valence-corrected chi connectivity index (χ3v) is 4.99. The Bertz CT molecular complexity index is 476. The van der Waals surface area contributed by atoms with Gasteiger partial charge in [0.2, 0.25) is 5.91 Å². The van der Waals surface area contributed by atoms with E-state index in [-0.39, 0.29) is 11.4 Å². The molecule has 2 N–H and O–H groups in total. The Kier molecular flexibility index (Phi) is 5.05. The number of hydrogen-bond acceptors (Lipinski definition) is 4. The maximum atomic E-state index is 12.3. The molecule has 120 valence electrons. The third kappa shape index (κ3) is 3.65. The molecule has 1 aliphatic heterocycles. The Morgan fingerprint density at radius 1 is 1.32 bits per heavy atom. The number of hydrogen-bond donors (Lipinski definition) is 2. The number of piperazine rings is 1. The number of carbonyl (C=O) groups is 1. The average molecular weight is 302 g/mol. The van der Waals surface area contributed by atoms with Crippen molar-refractivity contribution in [3.05, 3.63) is 30.1 Å². The van der Waals surface area contributed by atoms with Crippen LogP contribution in [0.25, 0.3) is 0 Å². The van der Waals surface area contributed by atoms with Crippen molar-refractivity contribution in [1.82, 2.24) is 20.5 Å². The van der Waals surface area contributed by atoms with E-state index in [1.54, 1.807) is 6.20 Å². The predicted molar refractivity (Wildman–Crippen MR) is 86.3 cm³/mol. The molecule has 0 radical (unpaired) electrons. The van der Waals surface area contributed by atoms with Crippen LogP contribution in [-0.2, 0) is 11.3 Å². The van der Waals surface area contributed by atoms with Crippen LogP contribution in [0.5, 0.6) is 0 Å². The fourth-order valence-electron chi connectivity index (χ4n) is 3.75. The van der Waals surface area contributed by atoms with Crippen LogP contribution in [0.4, 0.5) is 0 Å². The fraction of sp³-hybridized carbons (Fsp3) is 0.647. The van der Waals surface area contributed by atoms with Crippen LogP contribution >= 0.6 is 0 Å². The van der Waals surface area contributed by atoms with Crippen LogP contribution in [0.2, 0.25) is 0 Å². The van der Waals surface area contributed by atoms with Crippen LogP contribution < -0.4 is 10.6 Å². The highest BCUT2D eigenvalue weighted by molar-refractivity contribution is 5.78. The normalized spacial score (nSPS) is 21.6. The van der Waals surface area contributed by atoms with E-state index in [1.807, 2.05) is 18.2 Å². The van der Waals surface area contributed by atoms with E-state index in [2.05, 4.69) is 20.5 Å². The van der Waals surface area contributed by atoms with Crippen LogP contribution in [0.3, 0.4) is 0 Å². The first-order chi connectivity index (χ1) is 10.8. The lowest BCUT2D eigenvalue weighted by Crippen LogP contribution is -2.63. The van der Waals surface area contributed by atoms with Gasteiger partial charge < -0.3 is 10.6 Å². The monoisotopic (exact) mass is 302 g/mol. The highest BCUT2D eigenvalue weighted by Crippen LogP contribution is 2.34. The number of amides is 1. The van der Waals surface area contributed by atoms with Gasteiger partial charge in [-0.1, -0.05) is 25.3 Å². The standard InChI is InChI=1S/C17H26N4O/c22-16(20-12-15-6-2-5-9-19-15)13-21-11-10-18-14-17(21)7-3-1-4-8-17/h2,5-6,9,18H,1,3-4,7-8,10-14H2,(H,20,22). The van der Waals surface area contributed by atoms with E-state index in [1.165, 1.54) is 32.1 Å². The van der Waals surface area contributed by atoms with Crippen molar-refractivity contribution in [1.29, 1.82) is 0 Å². The first-order valence-electron chi connectivity index (χ1n) is 8.41. The summed E-state index contributed by atoms with van der Waals surface area (Å²) in [7, 11) is 0. The lowest BCUT2D eigenvalue weighted by molar-refractivity contribution is -0.125. The molecule has 22 heavy (non-hydrogen) atoms. The predicted octanol–water partition coefficient (Wildman–Crippen LogP) is 1.31. The van der Waals surface area contributed by atoms with E-state index < -0.39 is 0 Å². The molecule has 2 heterocycles. The molecule has 1 amide bonds. The van der Waals surface area contributed by atoms with Crippen molar-refractivity contribution in [2.75, 3.05) is 26.2 Å². The summed E-state index contributed by atoms with van der Waals surface area (Å²) in [5.74, 6) is 0.109. The number of rotatable bonds is 4. The Labute approximate surface area is 132 Å².